The van der Waals surface area contributed by atoms with Gasteiger partial charge >= 0.3 is 0 Å². The van der Waals surface area contributed by atoms with Gasteiger partial charge in [-0.25, -0.2) is 0 Å². The van der Waals surface area contributed by atoms with Gasteiger partial charge in [0.05, 0.1) is 10.9 Å². The van der Waals surface area contributed by atoms with Crippen molar-refractivity contribution in [1.29, 1.82) is 0 Å². The van der Waals surface area contributed by atoms with Crippen molar-refractivity contribution < 1.29 is 9.90 Å². The van der Waals surface area contributed by atoms with E-state index in [4.69, 9.17) is 5.11 Å². The first-order valence-corrected chi connectivity index (χ1v) is 6.87. The van der Waals surface area contributed by atoms with Gasteiger partial charge < -0.3 is 10.0 Å². The maximum atomic E-state index is 12.2. The molecule has 0 heterocycles. The first-order valence-electron chi connectivity index (χ1n) is 6.07. The van der Waals surface area contributed by atoms with Crippen LogP contribution < -0.4 is 0 Å². The number of hydrogen-bond donors (Lipinski definition) is 1. The van der Waals surface area contributed by atoms with Crippen LogP contribution in [0.4, 0.5) is 0 Å². The fourth-order valence-electron chi connectivity index (χ4n) is 2.29. The zero-order chi connectivity index (χ0) is 12.2. The number of carbonyl (C=O) groups is 1. The molecule has 0 aromatic rings. The SMILES string of the molecule is CC(C)(Br)C(=O)N(CCO)C1CCCCC1. The molecule has 16 heavy (non-hydrogen) atoms. The van der Waals surface area contributed by atoms with Crippen LogP contribution in [0, 0.1) is 0 Å². The number of hydrogen-bond acceptors (Lipinski definition) is 2. The van der Waals surface area contributed by atoms with Gasteiger partial charge in [0.2, 0.25) is 5.91 Å². The first-order chi connectivity index (χ1) is 7.46. The molecule has 3 nitrogen and oxygen atoms in total. The van der Waals surface area contributed by atoms with Crippen LogP contribution in [0.3, 0.4) is 0 Å². The highest BCUT2D eigenvalue weighted by Crippen LogP contribution is 2.27. The molecule has 0 spiro atoms. The molecule has 1 rings (SSSR count). The van der Waals surface area contributed by atoms with Crippen molar-refractivity contribution in [2.45, 2.75) is 56.3 Å². The molecule has 0 aromatic heterocycles. The summed E-state index contributed by atoms with van der Waals surface area (Å²) < 4.78 is -0.528. The van der Waals surface area contributed by atoms with Crippen molar-refractivity contribution in [1.82, 2.24) is 4.90 Å². The third-order valence-corrected chi connectivity index (χ3v) is 3.46. The van der Waals surface area contributed by atoms with E-state index in [2.05, 4.69) is 15.9 Å². The number of amides is 1. The summed E-state index contributed by atoms with van der Waals surface area (Å²) in [7, 11) is 0. The van der Waals surface area contributed by atoms with E-state index in [1.54, 1.807) is 0 Å². The molecule has 0 unspecified atom stereocenters. The second kappa shape index (κ2) is 6.01. The molecule has 1 aliphatic carbocycles. The molecule has 1 saturated carbocycles. The number of aliphatic hydroxyl groups is 1. The van der Waals surface area contributed by atoms with Gasteiger partial charge in [0.1, 0.15) is 0 Å². The minimum atomic E-state index is -0.528. The summed E-state index contributed by atoms with van der Waals surface area (Å²) in [5.41, 5.74) is 0. The van der Waals surface area contributed by atoms with Crippen LogP contribution in [-0.2, 0) is 4.79 Å². The molecule has 94 valence electrons. The van der Waals surface area contributed by atoms with Crippen LogP contribution in [0.5, 0.6) is 0 Å². The van der Waals surface area contributed by atoms with Crippen LogP contribution in [0.1, 0.15) is 46.0 Å². The van der Waals surface area contributed by atoms with Crippen molar-refractivity contribution >= 4 is 21.8 Å². The van der Waals surface area contributed by atoms with Gasteiger partial charge in [-0.15, -0.1) is 0 Å². The maximum Gasteiger partial charge on any atom is 0.239 e. The molecule has 4 heteroatoms. The van der Waals surface area contributed by atoms with E-state index in [1.807, 2.05) is 18.7 Å². The Bertz CT molecular complexity index is 232. The monoisotopic (exact) mass is 291 g/mol. The molecule has 1 aliphatic rings. The Labute approximate surface area is 106 Å². The van der Waals surface area contributed by atoms with E-state index >= 15 is 0 Å². The third kappa shape index (κ3) is 3.74. The minimum absolute atomic E-state index is 0.0469. The van der Waals surface area contributed by atoms with Crippen LogP contribution in [0.25, 0.3) is 0 Å². The maximum absolute atomic E-state index is 12.2. The number of nitrogens with zero attached hydrogens (tertiary/aromatic N) is 1. The summed E-state index contributed by atoms with van der Waals surface area (Å²) in [4.78, 5) is 14.1. The Morgan fingerprint density at radius 1 is 1.38 bits per heavy atom. The highest BCUT2D eigenvalue weighted by atomic mass is 79.9. The standard InChI is InChI=1S/C12H22BrNO2/c1-12(2,13)11(16)14(8-9-15)10-6-4-3-5-7-10/h10,15H,3-9H2,1-2H3. The largest absolute Gasteiger partial charge is 0.395 e. The fourth-order valence-corrected chi connectivity index (χ4v) is 2.52. The highest BCUT2D eigenvalue weighted by Gasteiger charge is 2.33. The zero-order valence-electron chi connectivity index (χ0n) is 10.2. The third-order valence-electron chi connectivity index (χ3n) is 3.13. The summed E-state index contributed by atoms with van der Waals surface area (Å²) in [5.74, 6) is 0.0912. The molecule has 1 N–H and O–H groups in total. The van der Waals surface area contributed by atoms with Gasteiger partial charge in [-0.1, -0.05) is 35.2 Å². The summed E-state index contributed by atoms with van der Waals surface area (Å²) in [5, 5.41) is 9.07. The molecule has 0 aromatic carbocycles. The Morgan fingerprint density at radius 3 is 2.38 bits per heavy atom. The fraction of sp³-hybridized carbons (Fsp3) is 0.917. The van der Waals surface area contributed by atoms with E-state index in [0.717, 1.165) is 12.8 Å². The van der Waals surface area contributed by atoms with Crippen LogP contribution in [0.15, 0.2) is 0 Å². The first kappa shape index (κ1) is 14.0. The average molecular weight is 292 g/mol. The van der Waals surface area contributed by atoms with Crippen molar-refractivity contribution in [3.05, 3.63) is 0 Å². The van der Waals surface area contributed by atoms with Gasteiger partial charge in [-0.3, -0.25) is 4.79 Å². The van der Waals surface area contributed by atoms with Crippen molar-refractivity contribution in [3.63, 3.8) is 0 Å². The number of halogens is 1. The molecular weight excluding hydrogens is 270 g/mol. The van der Waals surface area contributed by atoms with Crippen LogP contribution in [0.2, 0.25) is 0 Å². The lowest BCUT2D eigenvalue weighted by Crippen LogP contribution is -2.49. The lowest BCUT2D eigenvalue weighted by Gasteiger charge is -2.37. The zero-order valence-corrected chi connectivity index (χ0v) is 11.8. The summed E-state index contributed by atoms with van der Waals surface area (Å²) in [6.45, 7) is 4.23. The molecule has 0 radical (unpaired) electrons. The molecule has 1 amide bonds. The van der Waals surface area contributed by atoms with E-state index in [9.17, 15) is 4.79 Å². The lowest BCUT2D eigenvalue weighted by atomic mass is 9.93. The smallest absolute Gasteiger partial charge is 0.239 e. The van der Waals surface area contributed by atoms with E-state index in [0.29, 0.717) is 12.6 Å². The normalized spacial score (nSPS) is 18.5. The second-order valence-corrected chi connectivity index (χ2v) is 6.97. The van der Waals surface area contributed by atoms with Crippen LogP contribution >= 0.6 is 15.9 Å². The predicted molar refractivity (Wildman–Crippen MR) is 68.7 cm³/mol. The van der Waals surface area contributed by atoms with Gasteiger partial charge in [0, 0.05) is 12.6 Å². The van der Waals surface area contributed by atoms with Gasteiger partial charge in [0.15, 0.2) is 0 Å². The summed E-state index contributed by atoms with van der Waals surface area (Å²) in [6.07, 6.45) is 5.82. The Kier molecular flexibility index (Phi) is 5.25. The minimum Gasteiger partial charge on any atom is -0.395 e. The van der Waals surface area contributed by atoms with E-state index < -0.39 is 4.32 Å². The predicted octanol–water partition coefficient (Wildman–Crippen LogP) is 2.31. The van der Waals surface area contributed by atoms with Gasteiger partial charge in [-0.05, 0) is 26.7 Å². The van der Waals surface area contributed by atoms with Crippen molar-refractivity contribution in [2.75, 3.05) is 13.2 Å². The molecule has 0 bridgehead atoms. The number of rotatable bonds is 4. The van der Waals surface area contributed by atoms with Crippen molar-refractivity contribution in [2.24, 2.45) is 0 Å². The average Bonchev–Trinajstić information content (AvgIpc) is 2.25. The number of carbonyl (C=O) groups excluding carboxylic acids is 1. The molecule has 0 atom stereocenters. The topological polar surface area (TPSA) is 40.5 Å². The van der Waals surface area contributed by atoms with Crippen LogP contribution in [-0.4, -0.2) is 39.4 Å². The molecular formula is C12H22BrNO2. The van der Waals surface area contributed by atoms with E-state index in [1.165, 1.54) is 19.3 Å². The summed E-state index contributed by atoms with van der Waals surface area (Å²) in [6, 6.07) is 0.324. The summed E-state index contributed by atoms with van der Waals surface area (Å²) >= 11 is 3.41. The van der Waals surface area contributed by atoms with E-state index in [-0.39, 0.29) is 12.5 Å². The quantitative estimate of drug-likeness (QED) is 0.808. The molecule has 0 saturated heterocycles. The van der Waals surface area contributed by atoms with Gasteiger partial charge in [-0.2, -0.15) is 0 Å². The highest BCUT2D eigenvalue weighted by molar-refractivity contribution is 9.10. The lowest BCUT2D eigenvalue weighted by molar-refractivity contribution is -0.136. The molecule has 0 aliphatic heterocycles. The van der Waals surface area contributed by atoms with Gasteiger partial charge in [0.25, 0.3) is 0 Å². The number of alkyl halides is 1. The molecule has 1 fully saturated rings. The number of aliphatic hydroxyl groups excluding tert-OH is 1. The Balaban J connectivity index is 2.69. The Morgan fingerprint density at radius 2 is 1.94 bits per heavy atom. The second-order valence-electron chi connectivity index (χ2n) is 4.99. The Hall–Kier alpha value is -0.0900. The van der Waals surface area contributed by atoms with Crippen molar-refractivity contribution in [3.8, 4) is 0 Å².